The van der Waals surface area contributed by atoms with Crippen molar-refractivity contribution in [3.63, 3.8) is 0 Å². The van der Waals surface area contributed by atoms with E-state index in [2.05, 4.69) is 15.4 Å². The fourth-order valence-electron chi connectivity index (χ4n) is 3.38. The van der Waals surface area contributed by atoms with Crippen LogP contribution in [0.1, 0.15) is 23.4 Å². The first kappa shape index (κ1) is 18.0. The molecule has 0 atom stereocenters. The van der Waals surface area contributed by atoms with Gasteiger partial charge in [0.2, 0.25) is 5.91 Å². The number of benzene rings is 2. The number of halogens is 2. The first-order valence-corrected chi connectivity index (χ1v) is 8.92. The van der Waals surface area contributed by atoms with Gasteiger partial charge in [0.05, 0.1) is 11.2 Å². The van der Waals surface area contributed by atoms with Crippen molar-refractivity contribution in [3.8, 4) is 0 Å². The molecule has 0 saturated heterocycles. The first-order chi connectivity index (χ1) is 13.4. The second-order valence-electron chi connectivity index (χ2n) is 6.69. The molecule has 0 saturated carbocycles. The van der Waals surface area contributed by atoms with Gasteiger partial charge in [0.15, 0.2) is 5.65 Å². The third-order valence-electron chi connectivity index (χ3n) is 4.83. The summed E-state index contributed by atoms with van der Waals surface area (Å²) in [5, 5.41) is 8.06. The standard InChI is InChI=1S/C21H18F2N4O/c1-12-15(8-10-20(28)25-19-9-7-14(22)11-17(19)23)13(2)27-21(24-12)16-5-3-4-6-18(16)26-27/h3-7,9,11H,8,10H2,1-2H3,(H,25,28). The topological polar surface area (TPSA) is 59.3 Å². The van der Waals surface area contributed by atoms with E-state index in [4.69, 9.17) is 0 Å². The Hall–Kier alpha value is -3.35. The summed E-state index contributed by atoms with van der Waals surface area (Å²) in [5.41, 5.74) is 4.28. The number of fused-ring (bicyclic) bond motifs is 3. The summed E-state index contributed by atoms with van der Waals surface area (Å²) in [6, 6.07) is 10.8. The highest BCUT2D eigenvalue weighted by molar-refractivity contribution is 5.92. The van der Waals surface area contributed by atoms with Crippen LogP contribution in [0.15, 0.2) is 42.5 Å². The summed E-state index contributed by atoms with van der Waals surface area (Å²) >= 11 is 0. The van der Waals surface area contributed by atoms with Crippen LogP contribution in [0.3, 0.4) is 0 Å². The highest BCUT2D eigenvalue weighted by Gasteiger charge is 2.15. The number of anilines is 1. The van der Waals surface area contributed by atoms with Crippen molar-refractivity contribution >= 4 is 28.1 Å². The minimum atomic E-state index is -0.799. The van der Waals surface area contributed by atoms with Gasteiger partial charge in [-0.1, -0.05) is 12.1 Å². The molecule has 0 aliphatic heterocycles. The van der Waals surface area contributed by atoms with Crippen molar-refractivity contribution in [3.05, 3.63) is 71.1 Å². The number of nitrogens with zero attached hydrogens (tertiary/aromatic N) is 3. The van der Waals surface area contributed by atoms with Crippen molar-refractivity contribution in [1.82, 2.24) is 14.6 Å². The second kappa shape index (κ2) is 6.99. The van der Waals surface area contributed by atoms with Gasteiger partial charge in [-0.2, -0.15) is 5.10 Å². The van der Waals surface area contributed by atoms with E-state index in [1.54, 1.807) is 4.52 Å². The molecular weight excluding hydrogens is 362 g/mol. The van der Waals surface area contributed by atoms with Crippen LogP contribution in [0.5, 0.6) is 0 Å². The van der Waals surface area contributed by atoms with Gasteiger partial charge in [-0.25, -0.2) is 18.3 Å². The molecule has 0 spiro atoms. The molecule has 142 valence electrons. The lowest BCUT2D eigenvalue weighted by atomic mass is 10.1. The Labute approximate surface area is 160 Å². The number of rotatable bonds is 4. The lowest BCUT2D eigenvalue weighted by Gasteiger charge is -2.11. The van der Waals surface area contributed by atoms with Crippen LogP contribution in [0.25, 0.3) is 16.6 Å². The molecule has 2 heterocycles. The SMILES string of the molecule is Cc1nc2c3ccccc3nn2c(C)c1CCC(=O)Nc1ccc(F)cc1F. The maximum absolute atomic E-state index is 13.7. The van der Waals surface area contributed by atoms with E-state index in [9.17, 15) is 13.6 Å². The van der Waals surface area contributed by atoms with Gasteiger partial charge in [0.25, 0.3) is 0 Å². The van der Waals surface area contributed by atoms with E-state index >= 15 is 0 Å². The molecule has 1 amide bonds. The van der Waals surface area contributed by atoms with Crippen LogP contribution < -0.4 is 5.32 Å². The normalized spacial score (nSPS) is 11.3. The highest BCUT2D eigenvalue weighted by atomic mass is 19.1. The van der Waals surface area contributed by atoms with Crippen molar-refractivity contribution in [2.75, 3.05) is 5.32 Å². The Morgan fingerprint density at radius 2 is 1.93 bits per heavy atom. The third-order valence-corrected chi connectivity index (χ3v) is 4.83. The monoisotopic (exact) mass is 380 g/mol. The number of carbonyl (C=O) groups is 1. The molecular formula is C21H18F2N4O. The number of nitrogens with one attached hydrogen (secondary N) is 1. The van der Waals surface area contributed by atoms with E-state index in [0.717, 1.165) is 45.6 Å². The van der Waals surface area contributed by atoms with E-state index in [-0.39, 0.29) is 18.0 Å². The number of carbonyl (C=O) groups excluding carboxylic acids is 1. The van der Waals surface area contributed by atoms with Crippen LogP contribution in [0, 0.1) is 25.5 Å². The van der Waals surface area contributed by atoms with Crippen LogP contribution in [0.2, 0.25) is 0 Å². The van der Waals surface area contributed by atoms with Crippen LogP contribution in [-0.2, 0) is 11.2 Å². The Kier molecular flexibility index (Phi) is 4.50. The lowest BCUT2D eigenvalue weighted by Crippen LogP contribution is -2.15. The molecule has 0 bridgehead atoms. The zero-order chi connectivity index (χ0) is 19.8. The predicted octanol–water partition coefficient (Wildman–Crippen LogP) is 4.35. The summed E-state index contributed by atoms with van der Waals surface area (Å²) < 4.78 is 28.5. The Morgan fingerprint density at radius 3 is 2.71 bits per heavy atom. The molecule has 1 N–H and O–H groups in total. The van der Waals surface area contributed by atoms with Crippen LogP contribution >= 0.6 is 0 Å². The lowest BCUT2D eigenvalue weighted by molar-refractivity contribution is -0.116. The Morgan fingerprint density at radius 1 is 1.14 bits per heavy atom. The molecule has 0 aliphatic rings. The molecule has 28 heavy (non-hydrogen) atoms. The van der Waals surface area contributed by atoms with E-state index < -0.39 is 11.6 Å². The van der Waals surface area contributed by atoms with Gasteiger partial charge in [-0.3, -0.25) is 4.79 Å². The first-order valence-electron chi connectivity index (χ1n) is 8.92. The quantitative estimate of drug-likeness (QED) is 0.573. The molecule has 5 nitrogen and oxygen atoms in total. The maximum atomic E-state index is 13.7. The summed E-state index contributed by atoms with van der Waals surface area (Å²) in [7, 11) is 0. The molecule has 2 aromatic carbocycles. The molecule has 0 unspecified atom stereocenters. The van der Waals surface area contributed by atoms with Gasteiger partial charge in [0, 0.05) is 29.3 Å². The molecule has 0 fully saturated rings. The average molecular weight is 380 g/mol. The van der Waals surface area contributed by atoms with Crippen molar-refractivity contribution < 1.29 is 13.6 Å². The van der Waals surface area contributed by atoms with Crippen molar-refractivity contribution in [2.24, 2.45) is 0 Å². The Bertz CT molecular complexity index is 1220. The molecule has 0 radical (unpaired) electrons. The van der Waals surface area contributed by atoms with Crippen molar-refractivity contribution in [1.29, 1.82) is 0 Å². The number of amides is 1. The Balaban J connectivity index is 1.57. The van der Waals surface area contributed by atoms with Gasteiger partial charge in [0.1, 0.15) is 11.6 Å². The van der Waals surface area contributed by atoms with Gasteiger partial charge in [-0.05, 0) is 50.1 Å². The number of hydrogen-bond acceptors (Lipinski definition) is 3. The maximum Gasteiger partial charge on any atom is 0.224 e. The minimum Gasteiger partial charge on any atom is -0.324 e. The van der Waals surface area contributed by atoms with E-state index in [1.807, 2.05) is 38.1 Å². The summed E-state index contributed by atoms with van der Waals surface area (Å²) in [6.07, 6.45) is 0.581. The average Bonchev–Trinajstić information content (AvgIpc) is 3.03. The van der Waals surface area contributed by atoms with Gasteiger partial charge >= 0.3 is 0 Å². The minimum absolute atomic E-state index is 0.0354. The summed E-state index contributed by atoms with van der Waals surface area (Å²) in [5.74, 6) is -1.84. The summed E-state index contributed by atoms with van der Waals surface area (Å²) in [4.78, 5) is 16.9. The van der Waals surface area contributed by atoms with E-state index in [0.29, 0.717) is 6.42 Å². The van der Waals surface area contributed by atoms with Crippen LogP contribution in [-0.4, -0.2) is 20.5 Å². The zero-order valence-corrected chi connectivity index (χ0v) is 15.5. The molecule has 7 heteroatoms. The smallest absolute Gasteiger partial charge is 0.224 e. The molecule has 4 rings (SSSR count). The van der Waals surface area contributed by atoms with Crippen LogP contribution in [0.4, 0.5) is 14.5 Å². The predicted molar refractivity (Wildman–Crippen MR) is 103 cm³/mol. The summed E-state index contributed by atoms with van der Waals surface area (Å²) in [6.45, 7) is 3.85. The molecule has 0 aliphatic carbocycles. The highest BCUT2D eigenvalue weighted by Crippen LogP contribution is 2.23. The van der Waals surface area contributed by atoms with Gasteiger partial charge < -0.3 is 5.32 Å². The number of hydrogen-bond donors (Lipinski definition) is 1. The zero-order valence-electron chi connectivity index (χ0n) is 15.5. The molecule has 2 aromatic heterocycles. The van der Waals surface area contributed by atoms with Gasteiger partial charge in [-0.15, -0.1) is 0 Å². The fourth-order valence-corrected chi connectivity index (χ4v) is 3.38. The number of aromatic nitrogens is 3. The second-order valence-corrected chi connectivity index (χ2v) is 6.69. The van der Waals surface area contributed by atoms with E-state index in [1.165, 1.54) is 6.07 Å². The fraction of sp³-hybridized carbons (Fsp3) is 0.190. The largest absolute Gasteiger partial charge is 0.324 e. The van der Waals surface area contributed by atoms with Crippen molar-refractivity contribution in [2.45, 2.75) is 26.7 Å². The third kappa shape index (κ3) is 3.19. The molecule has 4 aromatic rings. The number of aryl methyl sites for hydroxylation is 2.